The number of benzene rings is 1. The first kappa shape index (κ1) is 13.1. The molecule has 5 heteroatoms. The second-order valence-corrected chi connectivity index (χ2v) is 5.14. The van der Waals surface area contributed by atoms with Gasteiger partial charge in [-0.1, -0.05) is 13.8 Å². The van der Waals surface area contributed by atoms with Crippen LogP contribution >= 0.6 is 11.8 Å². The van der Waals surface area contributed by atoms with Crippen molar-refractivity contribution in [3.8, 4) is 11.5 Å². The molecule has 0 radical (unpaired) electrons. The number of nitrogens with one attached hydrogen (secondary N) is 1. The van der Waals surface area contributed by atoms with Crippen molar-refractivity contribution >= 4 is 11.8 Å². The van der Waals surface area contributed by atoms with Crippen LogP contribution in [-0.4, -0.2) is 22.5 Å². The normalized spacial score (nSPS) is 11.1. The summed E-state index contributed by atoms with van der Waals surface area (Å²) < 4.78 is 5.60. The highest BCUT2D eigenvalue weighted by atomic mass is 32.2. The molecule has 1 aromatic carbocycles. The third-order valence-corrected chi connectivity index (χ3v) is 3.21. The number of aromatic nitrogens is 2. The van der Waals surface area contributed by atoms with Gasteiger partial charge in [-0.15, -0.1) is 22.0 Å². The number of hydrogen-bond acceptors (Lipinski definition) is 5. The number of rotatable bonds is 5. The number of thioether (sulfide) groups is 1. The fraction of sp³-hybridized carbons (Fsp3) is 0.385. The van der Waals surface area contributed by atoms with Crippen LogP contribution in [0.2, 0.25) is 0 Å². The Labute approximate surface area is 111 Å². The van der Waals surface area contributed by atoms with E-state index in [9.17, 15) is 0 Å². The van der Waals surface area contributed by atoms with Crippen LogP contribution in [0.15, 0.2) is 33.6 Å². The van der Waals surface area contributed by atoms with Crippen LogP contribution in [0.4, 0.5) is 0 Å². The lowest BCUT2D eigenvalue weighted by Gasteiger charge is -2.03. The Morgan fingerprint density at radius 1 is 1.22 bits per heavy atom. The molecule has 0 saturated carbocycles. The van der Waals surface area contributed by atoms with Gasteiger partial charge in [-0.2, -0.15) is 0 Å². The number of hydrogen-bond donors (Lipinski definition) is 1. The summed E-state index contributed by atoms with van der Waals surface area (Å²) in [5.41, 5.74) is 0.955. The Morgan fingerprint density at radius 2 is 1.94 bits per heavy atom. The molecule has 1 aromatic heterocycles. The van der Waals surface area contributed by atoms with Gasteiger partial charge in [0.2, 0.25) is 11.8 Å². The molecule has 18 heavy (non-hydrogen) atoms. The van der Waals surface area contributed by atoms with E-state index in [1.807, 2.05) is 12.1 Å². The van der Waals surface area contributed by atoms with Gasteiger partial charge in [-0.25, -0.2) is 0 Å². The van der Waals surface area contributed by atoms with Crippen LogP contribution in [0.1, 0.15) is 19.7 Å². The summed E-state index contributed by atoms with van der Waals surface area (Å²) in [6, 6.07) is 8.51. The van der Waals surface area contributed by atoms with Crippen LogP contribution < -0.4 is 5.32 Å². The average molecular weight is 263 g/mol. The molecular formula is C13H17N3OS. The minimum atomic E-state index is 0.404. The van der Waals surface area contributed by atoms with E-state index in [1.165, 1.54) is 4.90 Å². The summed E-state index contributed by atoms with van der Waals surface area (Å²) >= 11 is 1.71. The average Bonchev–Trinajstić information content (AvgIpc) is 2.85. The molecule has 1 heterocycles. The van der Waals surface area contributed by atoms with Gasteiger partial charge in [0.05, 0.1) is 6.54 Å². The maximum absolute atomic E-state index is 5.60. The van der Waals surface area contributed by atoms with E-state index in [-0.39, 0.29) is 0 Å². The van der Waals surface area contributed by atoms with Crippen molar-refractivity contribution in [1.82, 2.24) is 15.5 Å². The minimum absolute atomic E-state index is 0.404. The molecule has 0 saturated heterocycles. The van der Waals surface area contributed by atoms with Gasteiger partial charge in [-0.3, -0.25) is 0 Å². The van der Waals surface area contributed by atoms with Crippen LogP contribution in [0.25, 0.3) is 11.5 Å². The third-order valence-electron chi connectivity index (χ3n) is 2.47. The van der Waals surface area contributed by atoms with E-state index in [1.54, 1.807) is 11.8 Å². The summed E-state index contributed by atoms with van der Waals surface area (Å²) in [4.78, 5) is 1.22. The van der Waals surface area contributed by atoms with Crippen molar-refractivity contribution in [2.75, 3.05) is 6.26 Å². The Balaban J connectivity index is 2.08. The molecule has 0 aliphatic carbocycles. The molecule has 0 atom stereocenters. The van der Waals surface area contributed by atoms with Gasteiger partial charge >= 0.3 is 0 Å². The maximum atomic E-state index is 5.60. The Bertz CT molecular complexity index is 493. The quantitative estimate of drug-likeness (QED) is 0.840. The lowest BCUT2D eigenvalue weighted by atomic mass is 10.2. The first-order chi connectivity index (χ1) is 8.69. The Morgan fingerprint density at radius 3 is 2.56 bits per heavy atom. The van der Waals surface area contributed by atoms with E-state index in [4.69, 9.17) is 4.42 Å². The molecule has 2 aromatic rings. The summed E-state index contributed by atoms with van der Waals surface area (Å²) in [5, 5.41) is 11.3. The van der Waals surface area contributed by atoms with Gasteiger partial charge in [-0.05, 0) is 30.5 Å². The van der Waals surface area contributed by atoms with Crippen LogP contribution in [0.5, 0.6) is 0 Å². The van der Waals surface area contributed by atoms with Crippen molar-refractivity contribution in [3.63, 3.8) is 0 Å². The minimum Gasteiger partial charge on any atom is -0.419 e. The highest BCUT2D eigenvalue weighted by Gasteiger charge is 2.08. The van der Waals surface area contributed by atoms with Gasteiger partial charge < -0.3 is 9.73 Å². The first-order valence-electron chi connectivity index (χ1n) is 5.89. The van der Waals surface area contributed by atoms with Crippen molar-refractivity contribution in [3.05, 3.63) is 30.2 Å². The molecule has 0 amide bonds. The molecule has 0 aliphatic rings. The van der Waals surface area contributed by atoms with Crippen molar-refractivity contribution in [2.45, 2.75) is 31.3 Å². The van der Waals surface area contributed by atoms with Gasteiger partial charge in [0.25, 0.3) is 0 Å². The molecule has 0 spiro atoms. The fourth-order valence-corrected chi connectivity index (χ4v) is 1.87. The predicted octanol–water partition coefficient (Wildman–Crippen LogP) is 2.96. The molecule has 0 fully saturated rings. The molecule has 0 unspecified atom stereocenters. The molecule has 0 aliphatic heterocycles. The van der Waals surface area contributed by atoms with Crippen molar-refractivity contribution < 1.29 is 4.42 Å². The SMILES string of the molecule is CSc1ccc(-c2nnc(CNC(C)C)o2)cc1. The summed E-state index contributed by atoms with van der Waals surface area (Å²) in [7, 11) is 0. The first-order valence-corrected chi connectivity index (χ1v) is 7.11. The summed E-state index contributed by atoms with van der Waals surface area (Å²) in [6.07, 6.45) is 2.05. The van der Waals surface area contributed by atoms with Gasteiger partial charge in [0.15, 0.2) is 0 Å². The van der Waals surface area contributed by atoms with E-state index in [2.05, 4.69) is 47.8 Å². The predicted molar refractivity (Wildman–Crippen MR) is 73.5 cm³/mol. The molecule has 1 N–H and O–H groups in total. The molecule has 0 bridgehead atoms. The summed E-state index contributed by atoms with van der Waals surface area (Å²) in [5.74, 6) is 1.19. The largest absolute Gasteiger partial charge is 0.419 e. The smallest absolute Gasteiger partial charge is 0.247 e. The maximum Gasteiger partial charge on any atom is 0.247 e. The molecule has 4 nitrogen and oxygen atoms in total. The second kappa shape index (κ2) is 6.02. The van der Waals surface area contributed by atoms with Crippen LogP contribution in [0, 0.1) is 0 Å². The lowest BCUT2D eigenvalue weighted by molar-refractivity contribution is 0.459. The third kappa shape index (κ3) is 3.34. The lowest BCUT2D eigenvalue weighted by Crippen LogP contribution is -2.21. The van der Waals surface area contributed by atoms with Crippen LogP contribution in [0.3, 0.4) is 0 Å². The van der Waals surface area contributed by atoms with Crippen molar-refractivity contribution in [2.24, 2.45) is 0 Å². The summed E-state index contributed by atoms with van der Waals surface area (Å²) in [6.45, 7) is 4.77. The van der Waals surface area contributed by atoms with Crippen molar-refractivity contribution in [1.29, 1.82) is 0 Å². The Kier molecular flexibility index (Phi) is 4.38. The zero-order valence-electron chi connectivity index (χ0n) is 10.8. The molecule has 2 rings (SSSR count). The highest BCUT2D eigenvalue weighted by molar-refractivity contribution is 7.98. The second-order valence-electron chi connectivity index (χ2n) is 4.27. The van der Waals surface area contributed by atoms with Gasteiger partial charge in [0.1, 0.15) is 0 Å². The van der Waals surface area contributed by atoms with E-state index in [0.29, 0.717) is 24.4 Å². The molecule has 96 valence electrons. The van der Waals surface area contributed by atoms with E-state index >= 15 is 0 Å². The van der Waals surface area contributed by atoms with Crippen LogP contribution in [-0.2, 0) is 6.54 Å². The van der Waals surface area contributed by atoms with E-state index in [0.717, 1.165) is 5.56 Å². The Hall–Kier alpha value is -1.33. The monoisotopic (exact) mass is 263 g/mol. The zero-order chi connectivity index (χ0) is 13.0. The molecular weight excluding hydrogens is 246 g/mol. The topological polar surface area (TPSA) is 51.0 Å². The zero-order valence-corrected chi connectivity index (χ0v) is 11.6. The van der Waals surface area contributed by atoms with Gasteiger partial charge in [0, 0.05) is 16.5 Å². The standard InChI is InChI=1S/C13H17N3OS/c1-9(2)14-8-12-15-16-13(17-12)10-4-6-11(18-3)7-5-10/h4-7,9,14H,8H2,1-3H3. The fourth-order valence-electron chi connectivity index (χ4n) is 1.47. The van der Waals surface area contributed by atoms with E-state index < -0.39 is 0 Å². The highest BCUT2D eigenvalue weighted by Crippen LogP contribution is 2.21. The number of nitrogens with zero attached hydrogens (tertiary/aromatic N) is 2.